The molecule has 0 aromatic heterocycles. The first kappa shape index (κ1) is 9.11. The maximum absolute atomic E-state index is 3.13. The summed E-state index contributed by atoms with van der Waals surface area (Å²) < 4.78 is 0. The van der Waals surface area contributed by atoms with Crippen LogP contribution in [-0.2, 0) is 0 Å². The molecule has 0 aliphatic carbocycles. The second-order valence-corrected chi connectivity index (χ2v) is 3.48. The fraction of sp³-hybridized carbons (Fsp3) is 0.455. The molecular weight excluding hydrogens is 146 g/mol. The quantitative estimate of drug-likeness (QED) is 0.706. The van der Waals surface area contributed by atoms with Crippen LogP contribution in [0, 0.1) is 6.92 Å². The molecular formula is C11H17N. The van der Waals surface area contributed by atoms with Crippen LogP contribution >= 0.6 is 0 Å². The van der Waals surface area contributed by atoms with Gasteiger partial charge in [0.15, 0.2) is 0 Å². The largest absolute Gasteiger partial charge is 0.388 e. The molecule has 1 aromatic carbocycles. The number of anilines is 1. The minimum Gasteiger partial charge on any atom is -0.388 e. The van der Waals surface area contributed by atoms with Crippen LogP contribution in [0.5, 0.6) is 0 Å². The van der Waals surface area contributed by atoms with Gasteiger partial charge in [0.1, 0.15) is 0 Å². The summed E-state index contributed by atoms with van der Waals surface area (Å²) in [5.74, 6) is 0.621. The summed E-state index contributed by atoms with van der Waals surface area (Å²) in [6.45, 7) is 6.61. The van der Waals surface area contributed by atoms with Gasteiger partial charge < -0.3 is 5.32 Å². The Balaban J connectivity index is 3.03. The van der Waals surface area contributed by atoms with Crippen molar-refractivity contribution in [2.75, 3.05) is 12.4 Å². The zero-order valence-electron chi connectivity index (χ0n) is 8.31. The minimum atomic E-state index is 0.621. The van der Waals surface area contributed by atoms with E-state index in [1.807, 2.05) is 7.05 Å². The molecule has 0 spiro atoms. The Labute approximate surface area is 74.8 Å². The minimum absolute atomic E-state index is 0.621. The standard InChI is InChI=1S/C11H17N/c1-8(2)11-6-5-10(12-4)7-9(11)3/h5-8,12H,1-4H3. The Morgan fingerprint density at radius 3 is 2.33 bits per heavy atom. The molecule has 66 valence electrons. The number of hydrogen-bond donors (Lipinski definition) is 1. The first-order valence-corrected chi connectivity index (χ1v) is 4.43. The summed E-state index contributed by atoms with van der Waals surface area (Å²) >= 11 is 0. The van der Waals surface area contributed by atoms with E-state index in [1.54, 1.807) is 0 Å². The predicted octanol–water partition coefficient (Wildman–Crippen LogP) is 3.16. The van der Waals surface area contributed by atoms with Gasteiger partial charge in [-0.15, -0.1) is 0 Å². The lowest BCUT2D eigenvalue weighted by molar-refractivity contribution is 0.857. The van der Waals surface area contributed by atoms with Crippen molar-refractivity contribution >= 4 is 5.69 Å². The Hall–Kier alpha value is -0.980. The summed E-state index contributed by atoms with van der Waals surface area (Å²) in [7, 11) is 1.95. The highest BCUT2D eigenvalue weighted by atomic mass is 14.8. The highest BCUT2D eigenvalue weighted by molar-refractivity contribution is 5.48. The maximum atomic E-state index is 3.13. The van der Waals surface area contributed by atoms with Gasteiger partial charge in [0.2, 0.25) is 0 Å². The summed E-state index contributed by atoms with van der Waals surface area (Å²) in [6.07, 6.45) is 0. The third-order valence-corrected chi connectivity index (χ3v) is 2.18. The van der Waals surface area contributed by atoms with Gasteiger partial charge in [-0.05, 0) is 36.1 Å². The van der Waals surface area contributed by atoms with Crippen LogP contribution in [0.15, 0.2) is 18.2 Å². The van der Waals surface area contributed by atoms with Crippen LogP contribution in [0.25, 0.3) is 0 Å². The van der Waals surface area contributed by atoms with Crippen molar-refractivity contribution in [2.24, 2.45) is 0 Å². The SMILES string of the molecule is CNc1ccc(C(C)C)c(C)c1. The molecule has 0 unspecified atom stereocenters. The highest BCUT2D eigenvalue weighted by Crippen LogP contribution is 2.21. The van der Waals surface area contributed by atoms with Crippen molar-refractivity contribution in [3.63, 3.8) is 0 Å². The number of rotatable bonds is 2. The van der Waals surface area contributed by atoms with E-state index >= 15 is 0 Å². The second-order valence-electron chi connectivity index (χ2n) is 3.48. The van der Waals surface area contributed by atoms with E-state index < -0.39 is 0 Å². The molecule has 0 fully saturated rings. The Bertz CT molecular complexity index is 264. The van der Waals surface area contributed by atoms with Crippen LogP contribution in [-0.4, -0.2) is 7.05 Å². The lowest BCUT2D eigenvalue weighted by Crippen LogP contribution is -1.94. The molecule has 0 aliphatic rings. The average molecular weight is 163 g/mol. The van der Waals surface area contributed by atoms with Crippen LogP contribution < -0.4 is 5.32 Å². The van der Waals surface area contributed by atoms with Crippen molar-refractivity contribution in [1.82, 2.24) is 0 Å². The summed E-state index contributed by atoms with van der Waals surface area (Å²) in [5, 5.41) is 3.13. The fourth-order valence-electron chi connectivity index (χ4n) is 1.48. The molecule has 0 saturated heterocycles. The zero-order valence-corrected chi connectivity index (χ0v) is 8.31. The van der Waals surface area contributed by atoms with E-state index in [2.05, 4.69) is 44.3 Å². The van der Waals surface area contributed by atoms with Crippen LogP contribution in [0.3, 0.4) is 0 Å². The molecule has 0 radical (unpaired) electrons. The summed E-state index contributed by atoms with van der Waals surface area (Å²) in [4.78, 5) is 0. The molecule has 1 nitrogen and oxygen atoms in total. The first-order valence-electron chi connectivity index (χ1n) is 4.43. The van der Waals surface area contributed by atoms with E-state index in [4.69, 9.17) is 0 Å². The molecule has 1 rings (SSSR count). The number of hydrogen-bond acceptors (Lipinski definition) is 1. The van der Waals surface area contributed by atoms with E-state index in [9.17, 15) is 0 Å². The molecule has 0 bridgehead atoms. The molecule has 0 atom stereocenters. The summed E-state index contributed by atoms with van der Waals surface area (Å²) in [5.41, 5.74) is 4.00. The van der Waals surface area contributed by atoms with Crippen molar-refractivity contribution in [1.29, 1.82) is 0 Å². The van der Waals surface area contributed by atoms with Crippen LogP contribution in [0.1, 0.15) is 30.9 Å². The van der Waals surface area contributed by atoms with Gasteiger partial charge in [-0.1, -0.05) is 19.9 Å². The lowest BCUT2D eigenvalue weighted by atomic mass is 9.98. The number of aryl methyl sites for hydroxylation is 1. The molecule has 0 amide bonds. The molecule has 0 heterocycles. The van der Waals surface area contributed by atoms with Gasteiger partial charge in [0, 0.05) is 12.7 Å². The smallest absolute Gasteiger partial charge is 0.0340 e. The zero-order chi connectivity index (χ0) is 9.14. The topological polar surface area (TPSA) is 12.0 Å². The summed E-state index contributed by atoms with van der Waals surface area (Å²) in [6, 6.07) is 6.52. The van der Waals surface area contributed by atoms with E-state index in [0.717, 1.165) is 0 Å². The molecule has 1 heteroatoms. The van der Waals surface area contributed by atoms with Crippen LogP contribution in [0.2, 0.25) is 0 Å². The van der Waals surface area contributed by atoms with Gasteiger partial charge in [0.25, 0.3) is 0 Å². The number of benzene rings is 1. The van der Waals surface area contributed by atoms with Gasteiger partial charge in [0.05, 0.1) is 0 Å². The fourth-order valence-corrected chi connectivity index (χ4v) is 1.48. The van der Waals surface area contributed by atoms with E-state index in [0.29, 0.717) is 5.92 Å². The number of nitrogens with one attached hydrogen (secondary N) is 1. The molecule has 1 N–H and O–H groups in total. The van der Waals surface area contributed by atoms with E-state index in [-0.39, 0.29) is 0 Å². The van der Waals surface area contributed by atoms with Crippen molar-refractivity contribution in [2.45, 2.75) is 26.7 Å². The van der Waals surface area contributed by atoms with E-state index in [1.165, 1.54) is 16.8 Å². The van der Waals surface area contributed by atoms with Gasteiger partial charge in [-0.2, -0.15) is 0 Å². The van der Waals surface area contributed by atoms with Gasteiger partial charge in [-0.25, -0.2) is 0 Å². The molecule has 1 aromatic rings. The van der Waals surface area contributed by atoms with Crippen molar-refractivity contribution < 1.29 is 0 Å². The Morgan fingerprint density at radius 1 is 1.25 bits per heavy atom. The first-order chi connectivity index (χ1) is 5.65. The molecule has 0 saturated carbocycles. The Kier molecular flexibility index (Phi) is 2.74. The molecule has 12 heavy (non-hydrogen) atoms. The third kappa shape index (κ3) is 1.79. The predicted molar refractivity (Wildman–Crippen MR) is 54.8 cm³/mol. The Morgan fingerprint density at radius 2 is 1.92 bits per heavy atom. The molecule has 0 aliphatic heterocycles. The van der Waals surface area contributed by atoms with Gasteiger partial charge in [-0.3, -0.25) is 0 Å². The van der Waals surface area contributed by atoms with Crippen LogP contribution in [0.4, 0.5) is 5.69 Å². The second kappa shape index (κ2) is 3.61. The van der Waals surface area contributed by atoms with Gasteiger partial charge >= 0.3 is 0 Å². The maximum Gasteiger partial charge on any atom is 0.0340 e. The van der Waals surface area contributed by atoms with Crippen molar-refractivity contribution in [3.05, 3.63) is 29.3 Å². The monoisotopic (exact) mass is 163 g/mol. The highest BCUT2D eigenvalue weighted by Gasteiger charge is 2.02. The average Bonchev–Trinajstić information content (AvgIpc) is 2.03. The van der Waals surface area contributed by atoms with Crippen molar-refractivity contribution in [3.8, 4) is 0 Å². The lowest BCUT2D eigenvalue weighted by Gasteiger charge is -2.10. The third-order valence-electron chi connectivity index (χ3n) is 2.18. The normalized spacial score (nSPS) is 10.4.